The Balaban J connectivity index is 2.04. The summed E-state index contributed by atoms with van der Waals surface area (Å²) in [6.07, 6.45) is 0. The summed E-state index contributed by atoms with van der Waals surface area (Å²) in [5.41, 5.74) is 0.257. The summed E-state index contributed by atoms with van der Waals surface area (Å²) in [5, 5.41) is 22.5. The van der Waals surface area contributed by atoms with Gasteiger partial charge in [-0.05, 0) is 24.3 Å². The average Bonchev–Trinajstić information content (AvgIpc) is 2.65. The standard InChI is InChI=1S/C17H15N3O5S/c1-24-12-6-7-15(14(10-12)20(22)23)25-11-17(21)19-13-4-2-3-5-16(13)26-9-8-18/h2-7,10H,9,11H2,1H3,(H,19,21). The van der Waals surface area contributed by atoms with Gasteiger partial charge in [-0.3, -0.25) is 14.9 Å². The van der Waals surface area contributed by atoms with Crippen molar-refractivity contribution in [1.29, 1.82) is 5.26 Å². The first-order chi connectivity index (χ1) is 12.5. The number of methoxy groups -OCH3 is 1. The Hall–Kier alpha value is -3.25. The van der Waals surface area contributed by atoms with Crippen LogP contribution < -0.4 is 14.8 Å². The van der Waals surface area contributed by atoms with Gasteiger partial charge in [0.05, 0.1) is 35.6 Å². The largest absolute Gasteiger partial charge is 0.496 e. The van der Waals surface area contributed by atoms with Crippen molar-refractivity contribution in [3.63, 3.8) is 0 Å². The van der Waals surface area contributed by atoms with Crippen molar-refractivity contribution in [2.45, 2.75) is 4.90 Å². The number of anilines is 1. The predicted molar refractivity (Wildman–Crippen MR) is 96.6 cm³/mol. The van der Waals surface area contributed by atoms with Crippen molar-refractivity contribution < 1.29 is 19.2 Å². The van der Waals surface area contributed by atoms with Crippen LogP contribution in [0.15, 0.2) is 47.4 Å². The van der Waals surface area contributed by atoms with Crippen molar-refractivity contribution in [3.8, 4) is 17.6 Å². The maximum absolute atomic E-state index is 12.1. The average molecular weight is 373 g/mol. The number of nitrogens with zero attached hydrogens (tertiary/aromatic N) is 2. The van der Waals surface area contributed by atoms with Gasteiger partial charge in [0.1, 0.15) is 5.75 Å². The molecule has 0 saturated heterocycles. The first-order valence-electron chi connectivity index (χ1n) is 7.39. The molecular formula is C17H15N3O5S. The van der Waals surface area contributed by atoms with Crippen LogP contribution in [-0.4, -0.2) is 30.3 Å². The normalized spacial score (nSPS) is 9.85. The van der Waals surface area contributed by atoms with E-state index in [1.165, 1.54) is 37.1 Å². The Morgan fingerprint density at radius 1 is 1.35 bits per heavy atom. The molecule has 2 aromatic rings. The maximum atomic E-state index is 12.1. The van der Waals surface area contributed by atoms with Gasteiger partial charge in [0.25, 0.3) is 5.91 Å². The Kier molecular flexibility index (Phi) is 6.82. The summed E-state index contributed by atoms with van der Waals surface area (Å²) in [6.45, 7) is -0.398. The van der Waals surface area contributed by atoms with Gasteiger partial charge < -0.3 is 14.8 Å². The molecule has 0 aliphatic heterocycles. The molecule has 0 saturated carbocycles. The molecule has 0 fully saturated rings. The molecule has 0 unspecified atom stereocenters. The highest BCUT2D eigenvalue weighted by Gasteiger charge is 2.18. The quantitative estimate of drug-likeness (QED) is 0.429. The number of carbonyl (C=O) groups excluding carboxylic acids is 1. The zero-order chi connectivity index (χ0) is 18.9. The Labute approximate surface area is 153 Å². The lowest BCUT2D eigenvalue weighted by molar-refractivity contribution is -0.385. The van der Waals surface area contributed by atoms with Crippen molar-refractivity contribution in [2.75, 3.05) is 24.8 Å². The van der Waals surface area contributed by atoms with E-state index in [-0.39, 0.29) is 17.2 Å². The monoisotopic (exact) mass is 373 g/mol. The van der Waals surface area contributed by atoms with E-state index in [2.05, 4.69) is 5.32 Å². The summed E-state index contributed by atoms with van der Waals surface area (Å²) < 4.78 is 10.2. The number of rotatable bonds is 8. The van der Waals surface area contributed by atoms with Gasteiger partial charge in [0.15, 0.2) is 12.4 Å². The number of hydrogen-bond acceptors (Lipinski definition) is 7. The lowest BCUT2D eigenvalue weighted by atomic mass is 10.3. The third-order valence-electron chi connectivity index (χ3n) is 3.17. The molecule has 1 N–H and O–H groups in total. The third-order valence-corrected chi connectivity index (χ3v) is 4.12. The molecule has 0 heterocycles. The topological polar surface area (TPSA) is 114 Å². The molecule has 0 spiro atoms. The lowest BCUT2D eigenvalue weighted by Gasteiger charge is -2.11. The van der Waals surface area contributed by atoms with Crippen LogP contribution in [0.3, 0.4) is 0 Å². The van der Waals surface area contributed by atoms with E-state index in [9.17, 15) is 14.9 Å². The molecular weight excluding hydrogens is 358 g/mol. The Morgan fingerprint density at radius 2 is 2.12 bits per heavy atom. The molecule has 8 nitrogen and oxygen atoms in total. The van der Waals surface area contributed by atoms with Crippen molar-refractivity contribution in [1.82, 2.24) is 0 Å². The molecule has 2 rings (SSSR count). The van der Waals surface area contributed by atoms with Gasteiger partial charge in [-0.2, -0.15) is 5.26 Å². The van der Waals surface area contributed by atoms with Gasteiger partial charge in [0.2, 0.25) is 0 Å². The van der Waals surface area contributed by atoms with Crippen LogP contribution >= 0.6 is 11.8 Å². The summed E-state index contributed by atoms with van der Waals surface area (Å²) in [7, 11) is 1.40. The van der Waals surface area contributed by atoms with Crippen LogP contribution in [-0.2, 0) is 4.79 Å². The number of ether oxygens (including phenoxy) is 2. The highest BCUT2D eigenvalue weighted by atomic mass is 32.2. The van der Waals surface area contributed by atoms with Crippen molar-refractivity contribution in [3.05, 3.63) is 52.6 Å². The number of hydrogen-bond donors (Lipinski definition) is 1. The minimum Gasteiger partial charge on any atom is -0.496 e. The fourth-order valence-electron chi connectivity index (χ4n) is 2.02. The number of carbonyl (C=O) groups is 1. The first kappa shape index (κ1) is 19.1. The van der Waals surface area contributed by atoms with Gasteiger partial charge >= 0.3 is 5.69 Å². The second-order valence-corrected chi connectivity index (χ2v) is 5.89. The van der Waals surface area contributed by atoms with Crippen LogP contribution in [0.2, 0.25) is 0 Å². The van der Waals surface area contributed by atoms with E-state index in [1.54, 1.807) is 24.3 Å². The second-order valence-electron chi connectivity index (χ2n) is 4.87. The molecule has 9 heteroatoms. The minimum atomic E-state index is -0.608. The van der Waals surface area contributed by atoms with Crippen LogP contribution in [0.1, 0.15) is 0 Å². The Bertz CT molecular complexity index is 851. The Morgan fingerprint density at radius 3 is 2.81 bits per heavy atom. The molecule has 0 atom stereocenters. The van der Waals surface area contributed by atoms with Crippen LogP contribution in [0.5, 0.6) is 11.5 Å². The summed E-state index contributed by atoms with van der Waals surface area (Å²) >= 11 is 1.29. The molecule has 0 aliphatic carbocycles. The fourth-order valence-corrected chi connectivity index (χ4v) is 2.69. The number of nitriles is 1. The van der Waals surface area contributed by atoms with Crippen LogP contribution in [0.4, 0.5) is 11.4 Å². The highest BCUT2D eigenvalue weighted by Crippen LogP contribution is 2.31. The number of amides is 1. The molecule has 1 amide bonds. The molecule has 0 bridgehead atoms. The number of benzene rings is 2. The van der Waals surface area contributed by atoms with Gasteiger partial charge in [0, 0.05) is 4.90 Å². The van der Waals surface area contributed by atoms with Crippen molar-refractivity contribution >= 4 is 29.0 Å². The zero-order valence-electron chi connectivity index (χ0n) is 13.8. The summed E-state index contributed by atoms with van der Waals surface area (Å²) in [6, 6.07) is 13.2. The zero-order valence-corrected chi connectivity index (χ0v) is 14.6. The number of nitro benzene ring substituents is 1. The number of nitro groups is 1. The number of para-hydroxylation sites is 1. The van der Waals surface area contributed by atoms with E-state index in [1.807, 2.05) is 6.07 Å². The van der Waals surface area contributed by atoms with Crippen molar-refractivity contribution in [2.24, 2.45) is 0 Å². The lowest BCUT2D eigenvalue weighted by Crippen LogP contribution is -2.20. The predicted octanol–water partition coefficient (Wildman–Crippen LogP) is 3.24. The molecule has 2 aromatic carbocycles. The summed E-state index contributed by atoms with van der Waals surface area (Å²) in [4.78, 5) is 23.4. The van der Waals surface area contributed by atoms with E-state index in [0.29, 0.717) is 11.4 Å². The van der Waals surface area contributed by atoms with Crippen LogP contribution in [0, 0.1) is 21.4 Å². The number of thioether (sulfide) groups is 1. The molecule has 134 valence electrons. The molecule has 0 aliphatic rings. The molecule has 0 aromatic heterocycles. The van der Waals surface area contributed by atoms with E-state index in [0.717, 1.165) is 4.90 Å². The van der Waals surface area contributed by atoms with Gasteiger partial charge in [-0.15, -0.1) is 11.8 Å². The smallest absolute Gasteiger partial charge is 0.314 e. The third kappa shape index (κ3) is 5.12. The van der Waals surface area contributed by atoms with E-state index >= 15 is 0 Å². The highest BCUT2D eigenvalue weighted by molar-refractivity contribution is 7.99. The van der Waals surface area contributed by atoms with E-state index < -0.39 is 17.4 Å². The molecule has 0 radical (unpaired) electrons. The van der Waals surface area contributed by atoms with Crippen LogP contribution in [0.25, 0.3) is 0 Å². The van der Waals surface area contributed by atoms with Gasteiger partial charge in [-0.25, -0.2) is 0 Å². The molecule has 26 heavy (non-hydrogen) atoms. The fraction of sp³-hybridized carbons (Fsp3) is 0.176. The SMILES string of the molecule is COc1ccc(OCC(=O)Nc2ccccc2SCC#N)c([N+](=O)[O-])c1. The minimum absolute atomic E-state index is 0.0295. The maximum Gasteiger partial charge on any atom is 0.314 e. The summed E-state index contributed by atoms with van der Waals surface area (Å²) in [5.74, 6) is 0.0664. The number of nitrogens with one attached hydrogen (secondary N) is 1. The van der Waals surface area contributed by atoms with E-state index in [4.69, 9.17) is 14.7 Å². The first-order valence-corrected chi connectivity index (χ1v) is 8.37. The van der Waals surface area contributed by atoms with Gasteiger partial charge in [-0.1, -0.05) is 12.1 Å². The second kappa shape index (κ2) is 9.29.